The van der Waals surface area contributed by atoms with Gasteiger partial charge in [-0.15, -0.1) is 10.2 Å². The van der Waals surface area contributed by atoms with E-state index in [1.165, 1.54) is 27.9 Å². The maximum atomic E-state index is 13.2. The molecule has 0 atom stereocenters. The van der Waals surface area contributed by atoms with Crippen molar-refractivity contribution in [3.63, 3.8) is 0 Å². The molecule has 3 rings (SSSR count). The average Bonchev–Trinajstić information content (AvgIpc) is 3.17. The maximum absolute atomic E-state index is 13.2. The third kappa shape index (κ3) is 6.40. The van der Waals surface area contributed by atoms with Gasteiger partial charge < -0.3 is 9.64 Å². The molecule has 32 heavy (non-hydrogen) atoms. The van der Waals surface area contributed by atoms with Crippen molar-refractivity contribution in [3.8, 4) is 5.75 Å². The van der Waals surface area contributed by atoms with Gasteiger partial charge in [-0.05, 0) is 53.6 Å². The van der Waals surface area contributed by atoms with Gasteiger partial charge in [-0.2, -0.15) is 18.0 Å². The number of carbonyl (C=O) groups excluding carboxylic acids is 1. The topological polar surface area (TPSA) is 73.1 Å². The van der Waals surface area contributed by atoms with Crippen LogP contribution in [0.4, 0.5) is 13.2 Å². The van der Waals surface area contributed by atoms with Gasteiger partial charge in [0.2, 0.25) is 5.91 Å². The van der Waals surface area contributed by atoms with Crippen LogP contribution in [0, 0.1) is 6.92 Å². The van der Waals surface area contributed by atoms with E-state index >= 15 is 0 Å². The van der Waals surface area contributed by atoms with Gasteiger partial charge in [0.15, 0.2) is 5.82 Å². The predicted molar refractivity (Wildman–Crippen MR) is 112 cm³/mol. The summed E-state index contributed by atoms with van der Waals surface area (Å²) in [5.74, 6) is 0.807. The Morgan fingerprint density at radius 1 is 1.19 bits per heavy atom. The third-order valence-electron chi connectivity index (χ3n) is 4.56. The number of halogens is 3. The van der Waals surface area contributed by atoms with E-state index < -0.39 is 11.7 Å². The largest absolute Gasteiger partial charge is 0.492 e. The van der Waals surface area contributed by atoms with E-state index in [2.05, 4.69) is 15.4 Å². The number of likely N-dealkylation sites (N-methyl/N-ethyl adjacent to an activating group) is 1. The number of hydrogen-bond acceptors (Lipinski definition) is 5. The molecule has 168 valence electrons. The van der Waals surface area contributed by atoms with Crippen molar-refractivity contribution in [2.45, 2.75) is 19.6 Å². The third-order valence-corrected chi connectivity index (χ3v) is 4.56. The van der Waals surface area contributed by atoms with E-state index in [0.29, 0.717) is 35.9 Å². The Hall–Kier alpha value is -3.69. The van der Waals surface area contributed by atoms with Crippen LogP contribution in [0.3, 0.4) is 0 Å². The number of rotatable bonds is 8. The maximum Gasteiger partial charge on any atom is 0.416 e. The summed E-state index contributed by atoms with van der Waals surface area (Å²) in [4.78, 5) is 15.1. The van der Waals surface area contributed by atoms with Crippen molar-refractivity contribution in [2.24, 2.45) is 0 Å². The van der Waals surface area contributed by atoms with Crippen molar-refractivity contribution in [1.82, 2.24) is 25.1 Å². The number of para-hydroxylation sites is 1. The Bertz CT molecular complexity index is 1080. The molecule has 0 fully saturated rings. The fourth-order valence-corrected chi connectivity index (χ4v) is 2.84. The van der Waals surface area contributed by atoms with Crippen LogP contribution in [0.25, 0.3) is 6.08 Å². The van der Waals surface area contributed by atoms with Crippen LogP contribution in [-0.2, 0) is 17.5 Å². The molecule has 0 saturated heterocycles. The second-order valence-electron chi connectivity index (χ2n) is 7.03. The minimum absolute atomic E-state index is 0.0145. The molecule has 1 heterocycles. The molecule has 0 aliphatic rings. The summed E-state index contributed by atoms with van der Waals surface area (Å²) in [5.41, 5.74) is -0.0189. The van der Waals surface area contributed by atoms with Crippen LogP contribution in [0.5, 0.6) is 5.75 Å². The summed E-state index contributed by atoms with van der Waals surface area (Å²) in [7, 11) is 1.62. The van der Waals surface area contributed by atoms with Gasteiger partial charge >= 0.3 is 6.18 Å². The van der Waals surface area contributed by atoms with Gasteiger partial charge in [-0.3, -0.25) is 4.79 Å². The highest BCUT2D eigenvalue weighted by Gasteiger charge is 2.31. The van der Waals surface area contributed by atoms with Crippen molar-refractivity contribution in [3.05, 3.63) is 77.1 Å². The highest BCUT2D eigenvalue weighted by atomic mass is 19.4. The van der Waals surface area contributed by atoms with E-state index in [1.54, 1.807) is 14.0 Å². The molecule has 0 unspecified atom stereocenters. The number of alkyl halides is 3. The molecule has 0 N–H and O–H groups in total. The van der Waals surface area contributed by atoms with Crippen molar-refractivity contribution >= 4 is 12.0 Å². The zero-order chi connectivity index (χ0) is 23.1. The first-order valence-electron chi connectivity index (χ1n) is 9.78. The first-order chi connectivity index (χ1) is 15.2. The number of aromatic nitrogens is 4. The second kappa shape index (κ2) is 10.1. The lowest BCUT2D eigenvalue weighted by atomic mass is 10.0. The van der Waals surface area contributed by atoms with Crippen LogP contribution >= 0.6 is 0 Å². The molecule has 0 radical (unpaired) electrons. The molecular weight excluding hydrogens is 423 g/mol. The van der Waals surface area contributed by atoms with E-state index in [9.17, 15) is 18.0 Å². The summed E-state index contributed by atoms with van der Waals surface area (Å²) >= 11 is 0. The Morgan fingerprint density at radius 3 is 2.59 bits per heavy atom. The summed E-state index contributed by atoms with van der Waals surface area (Å²) < 4.78 is 45.1. The first kappa shape index (κ1) is 23.0. The minimum atomic E-state index is -4.49. The SMILES string of the molecule is Cc1nnn(Cc2cc(C(F)(F)F)ccc2/C=C/C(=O)N(C)CCOc2ccccc2)n1. The highest BCUT2D eigenvalue weighted by molar-refractivity contribution is 5.91. The lowest BCUT2D eigenvalue weighted by Gasteiger charge is -2.16. The molecule has 0 spiro atoms. The first-order valence-corrected chi connectivity index (χ1v) is 9.78. The quantitative estimate of drug-likeness (QED) is 0.496. The standard InChI is InChI=1S/C22H22F3N5O2/c1-16-26-28-30(27-16)15-18-14-19(22(23,24)25)10-8-17(18)9-11-21(31)29(2)12-13-32-20-6-4-3-5-7-20/h3-11,14H,12-13,15H2,1-2H3/b11-9+. The molecular formula is C22H22F3N5O2. The van der Waals surface area contributed by atoms with Crippen molar-refractivity contribution in [1.29, 1.82) is 0 Å². The van der Waals surface area contributed by atoms with E-state index in [1.807, 2.05) is 30.3 Å². The number of carbonyl (C=O) groups is 1. The molecule has 10 heteroatoms. The molecule has 0 bridgehead atoms. The normalized spacial score (nSPS) is 11.7. The lowest BCUT2D eigenvalue weighted by molar-refractivity contribution is -0.137. The van der Waals surface area contributed by atoms with E-state index in [0.717, 1.165) is 12.1 Å². The van der Waals surface area contributed by atoms with E-state index in [-0.39, 0.29) is 12.5 Å². The molecule has 0 aliphatic heterocycles. The van der Waals surface area contributed by atoms with Gasteiger partial charge in [0.1, 0.15) is 12.4 Å². The fourth-order valence-electron chi connectivity index (χ4n) is 2.84. The van der Waals surface area contributed by atoms with Gasteiger partial charge in [-0.1, -0.05) is 24.3 Å². The zero-order valence-corrected chi connectivity index (χ0v) is 17.6. The Morgan fingerprint density at radius 2 is 1.94 bits per heavy atom. The number of aryl methyl sites for hydroxylation is 1. The molecule has 0 aliphatic carbocycles. The lowest BCUT2D eigenvalue weighted by Crippen LogP contribution is -2.29. The summed E-state index contributed by atoms with van der Waals surface area (Å²) in [6, 6.07) is 12.5. The highest BCUT2D eigenvalue weighted by Crippen LogP contribution is 2.31. The molecule has 2 aromatic carbocycles. The zero-order valence-electron chi connectivity index (χ0n) is 17.6. The minimum Gasteiger partial charge on any atom is -0.492 e. The van der Waals surface area contributed by atoms with Crippen LogP contribution in [0.2, 0.25) is 0 Å². The van der Waals surface area contributed by atoms with Crippen LogP contribution in [-0.4, -0.2) is 51.2 Å². The Kier molecular flexibility index (Phi) is 7.24. The van der Waals surface area contributed by atoms with Gasteiger partial charge in [0.05, 0.1) is 18.7 Å². The number of nitrogens with zero attached hydrogens (tertiary/aromatic N) is 5. The average molecular weight is 445 g/mol. The summed E-state index contributed by atoms with van der Waals surface area (Å²) in [5, 5.41) is 11.6. The monoisotopic (exact) mass is 445 g/mol. The molecule has 1 aromatic heterocycles. The molecule has 7 nitrogen and oxygen atoms in total. The fraction of sp³-hybridized carbons (Fsp3) is 0.273. The number of benzene rings is 2. The smallest absolute Gasteiger partial charge is 0.416 e. The number of hydrogen-bond donors (Lipinski definition) is 0. The summed E-state index contributed by atoms with van der Waals surface area (Å²) in [6.45, 7) is 2.27. The van der Waals surface area contributed by atoms with Crippen LogP contribution in [0.1, 0.15) is 22.5 Å². The number of ether oxygens (including phenoxy) is 1. The van der Waals surface area contributed by atoms with Crippen molar-refractivity contribution in [2.75, 3.05) is 20.2 Å². The van der Waals surface area contributed by atoms with Gasteiger partial charge in [0.25, 0.3) is 0 Å². The van der Waals surface area contributed by atoms with Crippen LogP contribution < -0.4 is 4.74 Å². The molecule has 1 amide bonds. The Balaban J connectivity index is 1.69. The predicted octanol–water partition coefficient (Wildman–Crippen LogP) is 3.60. The number of amides is 1. The Labute approximate surface area is 183 Å². The van der Waals surface area contributed by atoms with Crippen molar-refractivity contribution < 1.29 is 22.7 Å². The molecule has 0 saturated carbocycles. The molecule has 3 aromatic rings. The van der Waals surface area contributed by atoms with Crippen LogP contribution in [0.15, 0.2) is 54.6 Å². The second-order valence-corrected chi connectivity index (χ2v) is 7.03. The number of tetrazole rings is 1. The van der Waals surface area contributed by atoms with E-state index in [4.69, 9.17) is 4.74 Å². The van der Waals surface area contributed by atoms with Gasteiger partial charge in [-0.25, -0.2) is 0 Å². The van der Waals surface area contributed by atoms with Gasteiger partial charge in [0, 0.05) is 13.1 Å². The summed E-state index contributed by atoms with van der Waals surface area (Å²) in [6.07, 6.45) is -1.69.